The molecule has 22 heavy (non-hydrogen) atoms. The molecule has 0 bridgehead atoms. The number of aliphatic hydroxyl groups excluding tert-OH is 1. The van der Waals surface area contributed by atoms with Crippen LogP contribution in [0.15, 0.2) is 4.42 Å². The van der Waals surface area contributed by atoms with Crippen LogP contribution in [0.5, 0.6) is 0 Å². The van der Waals surface area contributed by atoms with Gasteiger partial charge in [0.15, 0.2) is 5.76 Å². The Morgan fingerprint density at radius 3 is 2.50 bits per heavy atom. The number of hydrogen-bond donors (Lipinski definition) is 1. The van der Waals surface area contributed by atoms with E-state index < -0.39 is 6.10 Å². The summed E-state index contributed by atoms with van der Waals surface area (Å²) in [6.45, 7) is 7.81. The third kappa shape index (κ3) is 2.81. The van der Waals surface area contributed by atoms with Crippen LogP contribution in [-0.2, 0) is 6.42 Å². The van der Waals surface area contributed by atoms with E-state index in [1.54, 1.807) is 0 Å². The lowest BCUT2D eigenvalue weighted by Crippen LogP contribution is -2.32. The molecule has 1 fully saturated rings. The summed E-state index contributed by atoms with van der Waals surface area (Å²) in [4.78, 5) is 14.7. The molecule has 0 aromatic carbocycles. The van der Waals surface area contributed by atoms with Crippen molar-refractivity contribution in [2.45, 2.75) is 65.4 Å². The van der Waals surface area contributed by atoms with Gasteiger partial charge in [-0.2, -0.15) is 0 Å². The predicted octanol–water partition coefficient (Wildman–Crippen LogP) is 3.61. The number of likely N-dealkylation sites (tertiary alicyclic amines) is 1. The topological polar surface area (TPSA) is 53.7 Å². The first-order valence-electron chi connectivity index (χ1n) is 8.48. The first-order chi connectivity index (χ1) is 10.4. The fourth-order valence-electron chi connectivity index (χ4n) is 3.91. The average molecular weight is 305 g/mol. The maximum Gasteiger partial charge on any atom is 0.289 e. The van der Waals surface area contributed by atoms with Crippen LogP contribution in [0.4, 0.5) is 0 Å². The van der Waals surface area contributed by atoms with Crippen molar-refractivity contribution in [3.05, 3.63) is 22.6 Å². The number of carbonyl (C=O) groups is 1. The zero-order valence-electron chi connectivity index (χ0n) is 13.9. The summed E-state index contributed by atoms with van der Waals surface area (Å²) in [5, 5.41) is 10.4. The number of aliphatic hydroxyl groups is 1. The molecule has 1 unspecified atom stereocenters. The molecular formula is C18H27NO3. The first-order valence-corrected chi connectivity index (χ1v) is 8.48. The van der Waals surface area contributed by atoms with E-state index in [1.807, 2.05) is 11.8 Å². The minimum Gasteiger partial charge on any atom is -0.455 e. The van der Waals surface area contributed by atoms with Crippen LogP contribution in [0.3, 0.4) is 0 Å². The Balaban J connectivity index is 1.91. The zero-order valence-corrected chi connectivity index (χ0v) is 13.9. The summed E-state index contributed by atoms with van der Waals surface area (Å²) in [5.74, 6) is 1.25. The molecule has 1 N–H and O–H groups in total. The fourth-order valence-corrected chi connectivity index (χ4v) is 3.91. The van der Waals surface area contributed by atoms with Crippen molar-refractivity contribution in [3.63, 3.8) is 0 Å². The minimum atomic E-state index is -0.520. The normalized spacial score (nSPS) is 24.7. The molecule has 2 heterocycles. The van der Waals surface area contributed by atoms with Crippen molar-refractivity contribution in [2.75, 3.05) is 13.1 Å². The molecule has 0 saturated carbocycles. The van der Waals surface area contributed by atoms with Gasteiger partial charge >= 0.3 is 0 Å². The van der Waals surface area contributed by atoms with Crippen molar-refractivity contribution in [1.29, 1.82) is 0 Å². The number of hydrogen-bond acceptors (Lipinski definition) is 3. The number of carbonyl (C=O) groups excluding carboxylic acids is 1. The predicted molar refractivity (Wildman–Crippen MR) is 84.9 cm³/mol. The highest BCUT2D eigenvalue weighted by Gasteiger charge is 2.37. The van der Waals surface area contributed by atoms with E-state index in [1.165, 1.54) is 12.8 Å². The molecule has 1 aliphatic carbocycles. The molecule has 0 spiro atoms. The Bertz CT molecular complexity index is 565. The maximum absolute atomic E-state index is 12.8. The van der Waals surface area contributed by atoms with Gasteiger partial charge in [0.1, 0.15) is 5.76 Å². The molecule has 0 radical (unpaired) electrons. The first kappa shape index (κ1) is 15.6. The molecule has 1 amide bonds. The van der Waals surface area contributed by atoms with Gasteiger partial charge in [-0.1, -0.05) is 26.7 Å². The lowest BCUT2D eigenvalue weighted by molar-refractivity contribution is 0.0718. The summed E-state index contributed by atoms with van der Waals surface area (Å²) in [6.07, 6.45) is 5.52. The number of rotatable bonds is 1. The Labute approximate surface area is 132 Å². The van der Waals surface area contributed by atoms with Gasteiger partial charge in [-0.05, 0) is 31.6 Å². The molecule has 1 saturated heterocycles. The molecule has 4 nitrogen and oxygen atoms in total. The van der Waals surface area contributed by atoms with Gasteiger partial charge in [-0.3, -0.25) is 4.79 Å². The van der Waals surface area contributed by atoms with E-state index >= 15 is 0 Å². The van der Waals surface area contributed by atoms with Gasteiger partial charge in [0, 0.05) is 30.6 Å². The number of furan rings is 1. The van der Waals surface area contributed by atoms with Crippen LogP contribution in [0.1, 0.15) is 79.5 Å². The highest BCUT2D eigenvalue weighted by atomic mass is 16.4. The van der Waals surface area contributed by atoms with Crippen LogP contribution in [0, 0.1) is 12.3 Å². The van der Waals surface area contributed by atoms with Gasteiger partial charge in [-0.15, -0.1) is 0 Å². The quantitative estimate of drug-likeness (QED) is 0.862. The molecular weight excluding hydrogens is 278 g/mol. The maximum atomic E-state index is 12.8. The molecule has 1 aliphatic heterocycles. The Hall–Kier alpha value is -1.29. The van der Waals surface area contributed by atoms with Gasteiger partial charge in [0.2, 0.25) is 0 Å². The summed E-state index contributed by atoms with van der Waals surface area (Å²) in [7, 11) is 0. The monoisotopic (exact) mass is 305 g/mol. The van der Waals surface area contributed by atoms with E-state index in [2.05, 4.69) is 13.8 Å². The van der Waals surface area contributed by atoms with Gasteiger partial charge in [0.05, 0.1) is 6.10 Å². The van der Waals surface area contributed by atoms with E-state index in [0.717, 1.165) is 55.7 Å². The van der Waals surface area contributed by atoms with Gasteiger partial charge < -0.3 is 14.4 Å². The van der Waals surface area contributed by atoms with Crippen molar-refractivity contribution in [3.8, 4) is 0 Å². The molecule has 1 aromatic rings. The van der Waals surface area contributed by atoms with E-state index in [4.69, 9.17) is 4.42 Å². The van der Waals surface area contributed by atoms with Gasteiger partial charge in [-0.25, -0.2) is 0 Å². The lowest BCUT2D eigenvalue weighted by atomic mass is 9.75. The second-order valence-corrected chi connectivity index (χ2v) is 7.66. The Morgan fingerprint density at radius 1 is 1.23 bits per heavy atom. The van der Waals surface area contributed by atoms with Crippen LogP contribution < -0.4 is 0 Å². The SMILES string of the molecule is Cc1c(C(=O)N2CCCCCC2)oc2c1C(O)CC(C)(C)C2. The second kappa shape index (κ2) is 5.73. The van der Waals surface area contributed by atoms with Crippen molar-refractivity contribution < 1.29 is 14.3 Å². The number of fused-ring (bicyclic) bond motifs is 1. The Kier molecular flexibility index (Phi) is 4.06. The molecule has 4 heteroatoms. The number of amides is 1. The molecule has 122 valence electrons. The van der Waals surface area contributed by atoms with Crippen LogP contribution in [0.2, 0.25) is 0 Å². The third-order valence-electron chi connectivity index (χ3n) is 5.08. The third-order valence-corrected chi connectivity index (χ3v) is 5.08. The van der Waals surface area contributed by atoms with Crippen molar-refractivity contribution in [2.24, 2.45) is 5.41 Å². The van der Waals surface area contributed by atoms with Crippen LogP contribution in [0.25, 0.3) is 0 Å². The van der Waals surface area contributed by atoms with Crippen molar-refractivity contribution in [1.82, 2.24) is 4.90 Å². The second-order valence-electron chi connectivity index (χ2n) is 7.66. The summed E-state index contributed by atoms with van der Waals surface area (Å²) < 4.78 is 5.95. The van der Waals surface area contributed by atoms with Crippen LogP contribution in [-0.4, -0.2) is 29.0 Å². The highest BCUT2D eigenvalue weighted by Crippen LogP contribution is 2.44. The van der Waals surface area contributed by atoms with Crippen molar-refractivity contribution >= 4 is 5.91 Å². The van der Waals surface area contributed by atoms with E-state index in [-0.39, 0.29) is 11.3 Å². The zero-order chi connectivity index (χ0) is 15.9. The lowest BCUT2D eigenvalue weighted by Gasteiger charge is -2.31. The largest absolute Gasteiger partial charge is 0.455 e. The van der Waals surface area contributed by atoms with Crippen LogP contribution >= 0.6 is 0 Å². The van der Waals surface area contributed by atoms with E-state index in [0.29, 0.717) is 5.76 Å². The summed E-state index contributed by atoms with van der Waals surface area (Å²) in [6, 6.07) is 0. The standard InChI is InChI=1S/C18H27NO3/c1-12-15-13(20)10-18(2,3)11-14(15)22-16(12)17(21)19-8-6-4-5-7-9-19/h13,20H,4-11H2,1-3H3. The molecule has 3 rings (SSSR count). The van der Waals surface area contributed by atoms with E-state index in [9.17, 15) is 9.90 Å². The fraction of sp³-hybridized carbons (Fsp3) is 0.722. The molecule has 1 aromatic heterocycles. The molecule has 1 atom stereocenters. The molecule has 2 aliphatic rings. The Morgan fingerprint density at radius 2 is 1.86 bits per heavy atom. The summed E-state index contributed by atoms with van der Waals surface area (Å²) >= 11 is 0. The number of nitrogens with zero attached hydrogens (tertiary/aromatic N) is 1. The smallest absolute Gasteiger partial charge is 0.289 e. The average Bonchev–Trinajstić information content (AvgIpc) is 2.64. The highest BCUT2D eigenvalue weighted by molar-refractivity contribution is 5.93. The summed E-state index contributed by atoms with van der Waals surface area (Å²) in [5.41, 5.74) is 1.71. The van der Waals surface area contributed by atoms with Gasteiger partial charge in [0.25, 0.3) is 5.91 Å². The minimum absolute atomic E-state index is 0.00111.